The quantitative estimate of drug-likeness (QED) is 0.866. The Bertz CT molecular complexity index is 405. The van der Waals surface area contributed by atoms with Crippen molar-refractivity contribution in [1.29, 1.82) is 0 Å². The maximum atomic E-state index is 11.8. The Labute approximate surface area is 108 Å². The van der Waals surface area contributed by atoms with Crippen LogP contribution >= 0.6 is 0 Å². The zero-order valence-corrected chi connectivity index (χ0v) is 11.6. The Morgan fingerprint density at radius 2 is 2.06 bits per heavy atom. The van der Waals surface area contributed by atoms with Crippen molar-refractivity contribution in [2.75, 3.05) is 19.4 Å². The molecule has 0 saturated carbocycles. The van der Waals surface area contributed by atoms with Crippen LogP contribution in [0.5, 0.6) is 5.75 Å². The molecule has 0 aliphatic rings. The maximum Gasteiger partial charge on any atom is 0.244 e. The number of amides is 1. The minimum Gasteiger partial charge on any atom is -0.487 e. The molecule has 0 spiro atoms. The van der Waals surface area contributed by atoms with Crippen LogP contribution in [-0.4, -0.2) is 42.0 Å². The highest BCUT2D eigenvalue weighted by Crippen LogP contribution is 2.22. The molecule has 0 aromatic carbocycles. The smallest absolute Gasteiger partial charge is 0.244 e. The average molecular weight is 251 g/mol. The summed E-state index contributed by atoms with van der Waals surface area (Å²) in [5.41, 5.74) is 0. The van der Waals surface area contributed by atoms with Crippen molar-refractivity contribution < 1.29 is 9.53 Å². The first kappa shape index (κ1) is 14.3. The molecule has 0 radical (unpaired) electrons. The molecule has 1 aromatic rings. The summed E-state index contributed by atoms with van der Waals surface area (Å²) < 4.78 is 5.64. The number of nitrogens with zero attached hydrogens (tertiary/aromatic N) is 2. The number of ether oxygens (including phenoxy) is 1. The predicted molar refractivity (Wildman–Crippen MR) is 71.8 cm³/mol. The molecule has 5 heteroatoms. The van der Waals surface area contributed by atoms with Crippen molar-refractivity contribution in [1.82, 2.24) is 9.88 Å². The summed E-state index contributed by atoms with van der Waals surface area (Å²) >= 11 is 0. The lowest BCUT2D eigenvalue weighted by molar-refractivity contribution is -0.129. The molecule has 1 atom stereocenters. The summed E-state index contributed by atoms with van der Waals surface area (Å²) in [5, 5.41) is 3.07. The van der Waals surface area contributed by atoms with Gasteiger partial charge >= 0.3 is 0 Å². The van der Waals surface area contributed by atoms with E-state index in [9.17, 15) is 4.79 Å². The van der Waals surface area contributed by atoms with Gasteiger partial charge in [-0.15, -0.1) is 0 Å². The Balaban J connectivity index is 2.80. The van der Waals surface area contributed by atoms with Crippen LogP contribution in [-0.2, 0) is 4.79 Å². The Morgan fingerprint density at radius 3 is 2.61 bits per heavy atom. The Kier molecular flexibility index (Phi) is 4.95. The molecular formula is C13H21N3O2. The molecule has 100 valence electrons. The van der Waals surface area contributed by atoms with Crippen molar-refractivity contribution in [3.8, 4) is 5.75 Å². The normalized spacial score (nSPS) is 12.1. The van der Waals surface area contributed by atoms with Crippen molar-refractivity contribution in [3.05, 3.63) is 18.3 Å². The van der Waals surface area contributed by atoms with Gasteiger partial charge in [0.15, 0.2) is 11.6 Å². The van der Waals surface area contributed by atoms with E-state index in [0.29, 0.717) is 11.6 Å². The van der Waals surface area contributed by atoms with Gasteiger partial charge in [0.25, 0.3) is 0 Å². The zero-order valence-electron chi connectivity index (χ0n) is 11.6. The third kappa shape index (κ3) is 3.91. The van der Waals surface area contributed by atoms with Crippen LogP contribution < -0.4 is 10.1 Å². The van der Waals surface area contributed by atoms with Crippen LogP contribution in [0.1, 0.15) is 20.8 Å². The second-order valence-electron chi connectivity index (χ2n) is 4.62. The van der Waals surface area contributed by atoms with E-state index in [1.807, 2.05) is 19.9 Å². The highest BCUT2D eigenvalue weighted by molar-refractivity contribution is 5.83. The lowest BCUT2D eigenvalue weighted by Gasteiger charge is -2.20. The Morgan fingerprint density at radius 1 is 1.39 bits per heavy atom. The van der Waals surface area contributed by atoms with E-state index in [0.717, 1.165) is 0 Å². The fourth-order valence-electron chi connectivity index (χ4n) is 1.50. The second-order valence-corrected chi connectivity index (χ2v) is 4.62. The molecule has 1 aromatic heterocycles. The molecule has 1 rings (SSSR count). The fraction of sp³-hybridized carbons (Fsp3) is 0.538. The number of rotatable bonds is 5. The van der Waals surface area contributed by atoms with Crippen molar-refractivity contribution in [2.24, 2.45) is 0 Å². The SMILES string of the molecule is CC(C)Oc1cccnc1NC(C)C(=O)N(C)C. The van der Waals surface area contributed by atoms with Gasteiger partial charge in [-0.2, -0.15) is 0 Å². The third-order valence-electron chi connectivity index (χ3n) is 2.30. The fourth-order valence-corrected chi connectivity index (χ4v) is 1.50. The van der Waals surface area contributed by atoms with Gasteiger partial charge < -0.3 is 15.0 Å². The highest BCUT2D eigenvalue weighted by Gasteiger charge is 2.17. The molecule has 0 aliphatic heterocycles. The second kappa shape index (κ2) is 6.23. The van der Waals surface area contributed by atoms with Gasteiger partial charge in [0.2, 0.25) is 5.91 Å². The van der Waals surface area contributed by atoms with Gasteiger partial charge in [-0.25, -0.2) is 4.98 Å². The van der Waals surface area contributed by atoms with Crippen molar-refractivity contribution in [2.45, 2.75) is 32.9 Å². The molecule has 0 saturated heterocycles. The first-order valence-electron chi connectivity index (χ1n) is 6.01. The molecule has 1 amide bonds. The van der Waals surface area contributed by atoms with Crippen molar-refractivity contribution >= 4 is 11.7 Å². The molecule has 0 fully saturated rings. The van der Waals surface area contributed by atoms with E-state index in [1.54, 1.807) is 38.2 Å². The lowest BCUT2D eigenvalue weighted by Crippen LogP contribution is -2.37. The number of carbonyl (C=O) groups excluding carboxylic acids is 1. The number of likely N-dealkylation sites (N-methyl/N-ethyl adjacent to an activating group) is 1. The van der Waals surface area contributed by atoms with Gasteiger partial charge in [0, 0.05) is 20.3 Å². The summed E-state index contributed by atoms with van der Waals surface area (Å²) in [6.45, 7) is 5.70. The molecule has 5 nitrogen and oxygen atoms in total. The Hall–Kier alpha value is -1.78. The summed E-state index contributed by atoms with van der Waals surface area (Å²) in [6, 6.07) is 3.30. The van der Waals surface area contributed by atoms with Crippen LogP contribution in [0.2, 0.25) is 0 Å². The summed E-state index contributed by atoms with van der Waals surface area (Å²) in [4.78, 5) is 17.5. The first-order valence-corrected chi connectivity index (χ1v) is 6.01. The van der Waals surface area contributed by atoms with Crippen LogP contribution in [0.4, 0.5) is 5.82 Å². The first-order chi connectivity index (χ1) is 8.41. The lowest BCUT2D eigenvalue weighted by atomic mass is 10.3. The predicted octanol–water partition coefficient (Wildman–Crippen LogP) is 1.76. The van der Waals surface area contributed by atoms with Gasteiger partial charge in [0.1, 0.15) is 6.04 Å². The van der Waals surface area contributed by atoms with Gasteiger partial charge in [0.05, 0.1) is 6.10 Å². The number of anilines is 1. The standard InChI is InChI=1S/C13H21N3O2/c1-9(2)18-11-7-6-8-14-12(11)15-10(3)13(17)16(4)5/h6-10H,1-5H3,(H,14,15). The van der Waals surface area contributed by atoms with Crippen molar-refractivity contribution in [3.63, 3.8) is 0 Å². The molecule has 1 heterocycles. The monoisotopic (exact) mass is 251 g/mol. The number of hydrogen-bond donors (Lipinski definition) is 1. The molecule has 18 heavy (non-hydrogen) atoms. The number of aromatic nitrogens is 1. The minimum absolute atomic E-state index is 0.00356. The molecule has 1 N–H and O–H groups in total. The summed E-state index contributed by atoms with van der Waals surface area (Å²) in [5.74, 6) is 1.25. The molecule has 0 aliphatic carbocycles. The topological polar surface area (TPSA) is 54.5 Å². The van der Waals surface area contributed by atoms with E-state index in [-0.39, 0.29) is 18.1 Å². The van der Waals surface area contributed by atoms with E-state index in [2.05, 4.69) is 10.3 Å². The zero-order chi connectivity index (χ0) is 13.7. The van der Waals surface area contributed by atoms with Gasteiger partial charge in [-0.05, 0) is 32.9 Å². The molecule has 0 bridgehead atoms. The van der Waals surface area contributed by atoms with Crippen LogP contribution in [0, 0.1) is 0 Å². The number of carbonyl (C=O) groups is 1. The maximum absolute atomic E-state index is 11.8. The highest BCUT2D eigenvalue weighted by atomic mass is 16.5. The largest absolute Gasteiger partial charge is 0.487 e. The van der Waals surface area contributed by atoms with Crippen LogP contribution in [0.15, 0.2) is 18.3 Å². The van der Waals surface area contributed by atoms with E-state index < -0.39 is 0 Å². The number of pyridine rings is 1. The average Bonchev–Trinajstić information content (AvgIpc) is 2.29. The van der Waals surface area contributed by atoms with E-state index >= 15 is 0 Å². The number of hydrogen-bond acceptors (Lipinski definition) is 4. The summed E-state index contributed by atoms with van der Waals surface area (Å²) in [7, 11) is 3.45. The van der Waals surface area contributed by atoms with Crippen LogP contribution in [0.3, 0.4) is 0 Å². The van der Waals surface area contributed by atoms with E-state index in [4.69, 9.17) is 4.74 Å². The van der Waals surface area contributed by atoms with Crippen LogP contribution in [0.25, 0.3) is 0 Å². The number of nitrogens with one attached hydrogen (secondary N) is 1. The summed E-state index contributed by atoms with van der Waals surface area (Å²) in [6.07, 6.45) is 1.73. The molecular weight excluding hydrogens is 230 g/mol. The van der Waals surface area contributed by atoms with Gasteiger partial charge in [-0.1, -0.05) is 0 Å². The molecule has 1 unspecified atom stereocenters. The van der Waals surface area contributed by atoms with E-state index in [1.165, 1.54) is 0 Å². The minimum atomic E-state index is -0.343. The van der Waals surface area contributed by atoms with Gasteiger partial charge in [-0.3, -0.25) is 4.79 Å². The third-order valence-corrected chi connectivity index (χ3v) is 2.30.